The summed E-state index contributed by atoms with van der Waals surface area (Å²) in [5.41, 5.74) is 8.23. The van der Waals surface area contributed by atoms with Crippen LogP contribution in [0.4, 0.5) is 0 Å². The molecule has 0 saturated heterocycles. The summed E-state index contributed by atoms with van der Waals surface area (Å²) in [7, 11) is 0. The van der Waals surface area contributed by atoms with Gasteiger partial charge in [0.1, 0.15) is 5.69 Å². The van der Waals surface area contributed by atoms with Crippen molar-refractivity contribution in [3.8, 4) is 11.3 Å². The first-order valence-electron chi connectivity index (χ1n) is 4.69. The number of hydrogen-bond acceptors (Lipinski definition) is 2. The molecule has 1 aromatic heterocycles. The van der Waals surface area contributed by atoms with E-state index in [9.17, 15) is 4.79 Å². The van der Waals surface area contributed by atoms with E-state index in [-0.39, 0.29) is 0 Å². The molecule has 82 valence electrons. The molecule has 0 radical (unpaired) electrons. The first-order chi connectivity index (χ1) is 7.58. The third kappa shape index (κ3) is 1.99. The predicted molar refractivity (Wildman–Crippen MR) is 65.0 cm³/mol. The van der Waals surface area contributed by atoms with Gasteiger partial charge in [-0.3, -0.25) is 9.89 Å². The molecule has 3 N–H and O–H groups in total. The number of primary amides is 1. The summed E-state index contributed by atoms with van der Waals surface area (Å²) in [6, 6.07) is 7.51. The van der Waals surface area contributed by atoms with Crippen LogP contribution in [-0.4, -0.2) is 16.1 Å². The SMILES string of the molecule is Cc1cc(-c2cc(C(N)=O)[nH]n2)ccc1Br. The van der Waals surface area contributed by atoms with E-state index < -0.39 is 5.91 Å². The van der Waals surface area contributed by atoms with E-state index in [4.69, 9.17) is 5.73 Å². The zero-order chi connectivity index (χ0) is 11.7. The van der Waals surface area contributed by atoms with Crippen molar-refractivity contribution in [1.29, 1.82) is 0 Å². The van der Waals surface area contributed by atoms with Crippen LogP contribution in [0, 0.1) is 6.92 Å². The summed E-state index contributed by atoms with van der Waals surface area (Å²) in [5, 5.41) is 6.64. The van der Waals surface area contributed by atoms with Gasteiger partial charge in [-0.2, -0.15) is 5.10 Å². The molecule has 0 aliphatic carbocycles. The van der Waals surface area contributed by atoms with E-state index in [1.54, 1.807) is 6.07 Å². The Morgan fingerprint density at radius 2 is 2.19 bits per heavy atom. The van der Waals surface area contributed by atoms with Gasteiger partial charge in [0.25, 0.3) is 5.91 Å². The maximum atomic E-state index is 10.9. The van der Waals surface area contributed by atoms with E-state index in [1.165, 1.54) is 0 Å². The van der Waals surface area contributed by atoms with Crippen LogP contribution < -0.4 is 5.73 Å². The fraction of sp³-hybridized carbons (Fsp3) is 0.0909. The molecule has 1 heterocycles. The highest BCUT2D eigenvalue weighted by atomic mass is 79.9. The van der Waals surface area contributed by atoms with Gasteiger partial charge in [-0.15, -0.1) is 0 Å². The lowest BCUT2D eigenvalue weighted by molar-refractivity contribution is 0.0995. The molecule has 0 atom stereocenters. The van der Waals surface area contributed by atoms with Crippen LogP contribution in [0.5, 0.6) is 0 Å². The average molecular weight is 280 g/mol. The molecule has 0 unspecified atom stereocenters. The second-order valence-corrected chi connectivity index (χ2v) is 4.35. The number of halogens is 1. The number of aryl methyl sites for hydroxylation is 1. The molecule has 0 saturated carbocycles. The number of rotatable bonds is 2. The highest BCUT2D eigenvalue weighted by Gasteiger charge is 2.08. The van der Waals surface area contributed by atoms with Crippen molar-refractivity contribution in [3.63, 3.8) is 0 Å². The zero-order valence-electron chi connectivity index (χ0n) is 8.62. The topological polar surface area (TPSA) is 71.8 Å². The average Bonchev–Trinajstić information content (AvgIpc) is 2.71. The summed E-state index contributed by atoms with van der Waals surface area (Å²) >= 11 is 3.43. The number of nitrogens with two attached hydrogens (primary N) is 1. The van der Waals surface area contributed by atoms with Crippen LogP contribution in [0.2, 0.25) is 0 Å². The number of aromatic nitrogens is 2. The quantitative estimate of drug-likeness (QED) is 0.885. The molecule has 1 aromatic carbocycles. The summed E-state index contributed by atoms with van der Waals surface area (Å²) in [6.45, 7) is 2.00. The Bertz CT molecular complexity index is 548. The molecular formula is C11H10BrN3O. The van der Waals surface area contributed by atoms with Gasteiger partial charge in [0.15, 0.2) is 0 Å². The number of aromatic amines is 1. The summed E-state index contributed by atoms with van der Waals surface area (Å²) < 4.78 is 1.04. The second kappa shape index (κ2) is 4.09. The number of nitrogens with zero attached hydrogens (tertiary/aromatic N) is 1. The molecule has 5 heteroatoms. The van der Waals surface area contributed by atoms with Gasteiger partial charge in [0, 0.05) is 10.0 Å². The van der Waals surface area contributed by atoms with Crippen molar-refractivity contribution < 1.29 is 4.79 Å². The summed E-state index contributed by atoms with van der Waals surface area (Å²) in [4.78, 5) is 10.9. The summed E-state index contributed by atoms with van der Waals surface area (Å²) in [5.74, 6) is -0.507. The largest absolute Gasteiger partial charge is 0.364 e. The lowest BCUT2D eigenvalue weighted by Gasteiger charge is -2.00. The van der Waals surface area contributed by atoms with Gasteiger partial charge >= 0.3 is 0 Å². The van der Waals surface area contributed by atoms with Crippen molar-refractivity contribution in [1.82, 2.24) is 10.2 Å². The van der Waals surface area contributed by atoms with E-state index in [2.05, 4.69) is 26.1 Å². The standard InChI is InChI=1S/C11H10BrN3O/c1-6-4-7(2-3-8(6)12)9-5-10(11(13)16)15-14-9/h2-5H,1H3,(H2,13,16)(H,14,15). The third-order valence-corrected chi connectivity index (χ3v) is 3.19. The number of benzene rings is 1. The van der Waals surface area contributed by atoms with E-state index in [0.717, 1.165) is 15.6 Å². The number of carbonyl (C=O) groups excluding carboxylic acids is 1. The Morgan fingerprint density at radius 3 is 2.75 bits per heavy atom. The second-order valence-electron chi connectivity index (χ2n) is 3.50. The smallest absolute Gasteiger partial charge is 0.266 e. The zero-order valence-corrected chi connectivity index (χ0v) is 10.2. The highest BCUT2D eigenvalue weighted by Crippen LogP contribution is 2.23. The third-order valence-electron chi connectivity index (χ3n) is 2.30. The maximum Gasteiger partial charge on any atom is 0.266 e. The molecule has 0 fully saturated rings. The van der Waals surface area contributed by atoms with Crippen molar-refractivity contribution in [2.75, 3.05) is 0 Å². The lowest BCUT2D eigenvalue weighted by atomic mass is 10.1. The first-order valence-corrected chi connectivity index (χ1v) is 5.49. The fourth-order valence-electron chi connectivity index (χ4n) is 1.40. The Balaban J connectivity index is 2.42. The minimum absolute atomic E-state index is 0.315. The summed E-state index contributed by atoms with van der Waals surface area (Å²) in [6.07, 6.45) is 0. The van der Waals surface area contributed by atoms with Gasteiger partial charge < -0.3 is 5.73 Å². The lowest BCUT2D eigenvalue weighted by Crippen LogP contribution is -2.10. The first kappa shape index (κ1) is 10.9. The fourth-order valence-corrected chi connectivity index (χ4v) is 1.65. The van der Waals surface area contributed by atoms with Gasteiger partial charge in [-0.25, -0.2) is 0 Å². The molecule has 1 amide bonds. The molecule has 16 heavy (non-hydrogen) atoms. The van der Waals surface area contributed by atoms with Crippen molar-refractivity contribution in [2.45, 2.75) is 6.92 Å². The number of amides is 1. The van der Waals surface area contributed by atoms with Crippen LogP contribution in [0.25, 0.3) is 11.3 Å². The van der Waals surface area contributed by atoms with Crippen molar-refractivity contribution >= 4 is 21.8 Å². The van der Waals surface area contributed by atoms with Crippen LogP contribution in [0.1, 0.15) is 16.1 Å². The number of nitrogens with one attached hydrogen (secondary N) is 1. The molecule has 0 aliphatic rings. The number of carbonyl (C=O) groups is 1. The Labute approximate surface area is 101 Å². The van der Waals surface area contributed by atoms with Crippen LogP contribution in [0.15, 0.2) is 28.7 Å². The van der Waals surface area contributed by atoms with Gasteiger partial charge in [-0.05, 0) is 30.7 Å². The molecule has 0 bridgehead atoms. The minimum atomic E-state index is -0.507. The Morgan fingerprint density at radius 1 is 1.44 bits per heavy atom. The molecule has 2 rings (SSSR count). The van der Waals surface area contributed by atoms with E-state index in [1.807, 2.05) is 25.1 Å². The van der Waals surface area contributed by atoms with Gasteiger partial charge in [-0.1, -0.05) is 22.0 Å². The van der Waals surface area contributed by atoms with E-state index >= 15 is 0 Å². The molecular weight excluding hydrogens is 270 g/mol. The molecule has 0 aliphatic heterocycles. The molecule has 0 spiro atoms. The normalized spacial score (nSPS) is 10.4. The number of hydrogen-bond donors (Lipinski definition) is 2. The van der Waals surface area contributed by atoms with Crippen LogP contribution >= 0.6 is 15.9 Å². The van der Waals surface area contributed by atoms with E-state index in [0.29, 0.717) is 11.4 Å². The van der Waals surface area contributed by atoms with Crippen molar-refractivity contribution in [2.24, 2.45) is 5.73 Å². The highest BCUT2D eigenvalue weighted by molar-refractivity contribution is 9.10. The Hall–Kier alpha value is -1.62. The van der Waals surface area contributed by atoms with Crippen molar-refractivity contribution in [3.05, 3.63) is 40.0 Å². The van der Waals surface area contributed by atoms with Crippen LogP contribution in [-0.2, 0) is 0 Å². The predicted octanol–water partition coefficient (Wildman–Crippen LogP) is 2.25. The monoisotopic (exact) mass is 279 g/mol. The van der Waals surface area contributed by atoms with Gasteiger partial charge in [0.05, 0.1) is 5.69 Å². The van der Waals surface area contributed by atoms with Crippen LogP contribution in [0.3, 0.4) is 0 Å². The van der Waals surface area contributed by atoms with Gasteiger partial charge in [0.2, 0.25) is 0 Å². The maximum absolute atomic E-state index is 10.9. The Kier molecular flexibility index (Phi) is 2.78. The minimum Gasteiger partial charge on any atom is -0.364 e. The molecule has 2 aromatic rings. The number of H-pyrrole nitrogens is 1. The molecule has 4 nitrogen and oxygen atoms in total.